The maximum atomic E-state index is 12.0. The van der Waals surface area contributed by atoms with Crippen LogP contribution in [0, 0.1) is 11.3 Å². The van der Waals surface area contributed by atoms with Crippen LogP contribution in [0.2, 0.25) is 0 Å². The molecule has 4 nitrogen and oxygen atoms in total. The lowest BCUT2D eigenvalue weighted by Gasteiger charge is -2.17. The summed E-state index contributed by atoms with van der Waals surface area (Å²) in [6.07, 6.45) is 1.94. The van der Waals surface area contributed by atoms with E-state index in [2.05, 4.69) is 31.1 Å². The van der Waals surface area contributed by atoms with Crippen molar-refractivity contribution in [1.29, 1.82) is 5.26 Å². The van der Waals surface area contributed by atoms with Crippen molar-refractivity contribution in [3.8, 4) is 6.07 Å². The second-order valence-corrected chi connectivity index (χ2v) is 7.18. The highest BCUT2D eigenvalue weighted by Gasteiger charge is 2.15. The van der Waals surface area contributed by atoms with Crippen molar-refractivity contribution in [3.05, 3.63) is 23.9 Å². The SMILES string of the molecule is CC(CC#N)NC(=O)c1ccnc(SC(C)(C)C)c1. The van der Waals surface area contributed by atoms with Crippen molar-refractivity contribution in [2.45, 2.75) is 49.9 Å². The molecule has 1 atom stereocenters. The van der Waals surface area contributed by atoms with Crippen molar-refractivity contribution >= 4 is 17.7 Å². The number of nitriles is 1. The van der Waals surface area contributed by atoms with Gasteiger partial charge in [0.25, 0.3) is 5.91 Å². The average molecular weight is 277 g/mol. The van der Waals surface area contributed by atoms with Crippen molar-refractivity contribution in [2.75, 3.05) is 0 Å². The monoisotopic (exact) mass is 277 g/mol. The molecule has 1 N–H and O–H groups in total. The van der Waals surface area contributed by atoms with E-state index < -0.39 is 0 Å². The molecule has 0 saturated heterocycles. The number of pyridine rings is 1. The van der Waals surface area contributed by atoms with E-state index in [4.69, 9.17) is 5.26 Å². The molecule has 0 bridgehead atoms. The summed E-state index contributed by atoms with van der Waals surface area (Å²) in [7, 11) is 0. The molecule has 1 aromatic heterocycles. The molecule has 1 rings (SSSR count). The van der Waals surface area contributed by atoms with Gasteiger partial charge in [-0.05, 0) is 19.1 Å². The minimum absolute atomic E-state index is 0.0518. The molecule has 5 heteroatoms. The van der Waals surface area contributed by atoms with Gasteiger partial charge in [-0.3, -0.25) is 4.79 Å². The Morgan fingerprint density at radius 2 is 2.26 bits per heavy atom. The number of aromatic nitrogens is 1. The Balaban J connectivity index is 2.76. The predicted octanol–water partition coefficient (Wildman–Crippen LogP) is 3.00. The molecule has 102 valence electrons. The molecule has 1 unspecified atom stereocenters. The smallest absolute Gasteiger partial charge is 0.251 e. The first kappa shape index (κ1) is 15.5. The molecular weight excluding hydrogens is 258 g/mol. The fourth-order valence-corrected chi connectivity index (χ4v) is 2.34. The third-order valence-corrected chi connectivity index (χ3v) is 3.23. The topological polar surface area (TPSA) is 65.8 Å². The van der Waals surface area contributed by atoms with Gasteiger partial charge in [-0.25, -0.2) is 4.98 Å². The van der Waals surface area contributed by atoms with Crippen molar-refractivity contribution in [3.63, 3.8) is 0 Å². The first-order valence-electron chi connectivity index (χ1n) is 6.14. The van der Waals surface area contributed by atoms with Gasteiger partial charge in [-0.1, -0.05) is 20.8 Å². The highest BCUT2D eigenvalue weighted by atomic mass is 32.2. The highest BCUT2D eigenvalue weighted by molar-refractivity contribution is 8.00. The van der Waals surface area contributed by atoms with Gasteiger partial charge >= 0.3 is 0 Å². The number of hydrogen-bond donors (Lipinski definition) is 1. The second kappa shape index (κ2) is 6.58. The number of carbonyl (C=O) groups excluding carboxylic acids is 1. The van der Waals surface area contributed by atoms with E-state index in [1.54, 1.807) is 30.1 Å². The number of rotatable bonds is 4. The summed E-state index contributed by atoms with van der Waals surface area (Å²) in [5.74, 6) is -0.166. The van der Waals surface area contributed by atoms with Gasteiger partial charge in [0.2, 0.25) is 0 Å². The average Bonchev–Trinajstić information content (AvgIpc) is 2.27. The van der Waals surface area contributed by atoms with Gasteiger partial charge in [-0.2, -0.15) is 5.26 Å². The zero-order chi connectivity index (χ0) is 14.5. The molecule has 0 radical (unpaired) electrons. The predicted molar refractivity (Wildman–Crippen MR) is 77.0 cm³/mol. The minimum atomic E-state index is -0.166. The molecule has 0 saturated carbocycles. The van der Waals surface area contributed by atoms with Crippen molar-refractivity contribution < 1.29 is 4.79 Å². The maximum absolute atomic E-state index is 12.0. The van der Waals surface area contributed by atoms with Gasteiger partial charge in [0, 0.05) is 22.5 Å². The Labute approximate surface area is 118 Å². The molecular formula is C14H19N3OS. The van der Waals surface area contributed by atoms with Gasteiger partial charge in [0.1, 0.15) is 0 Å². The van der Waals surface area contributed by atoms with Crippen LogP contribution in [0.15, 0.2) is 23.4 Å². The lowest BCUT2D eigenvalue weighted by atomic mass is 10.2. The van der Waals surface area contributed by atoms with Gasteiger partial charge < -0.3 is 5.32 Å². The van der Waals surface area contributed by atoms with Crippen LogP contribution in [0.4, 0.5) is 0 Å². The summed E-state index contributed by atoms with van der Waals surface area (Å²) in [5, 5.41) is 12.2. The quantitative estimate of drug-likeness (QED) is 0.859. The molecule has 1 amide bonds. The highest BCUT2D eigenvalue weighted by Crippen LogP contribution is 2.30. The van der Waals surface area contributed by atoms with Crippen LogP contribution in [-0.4, -0.2) is 21.7 Å². The molecule has 1 aromatic rings. The Bertz CT molecular complexity index is 488. The van der Waals surface area contributed by atoms with E-state index in [9.17, 15) is 4.79 Å². The summed E-state index contributed by atoms with van der Waals surface area (Å²) >= 11 is 1.62. The van der Waals surface area contributed by atoms with Crippen LogP contribution >= 0.6 is 11.8 Å². The number of hydrogen-bond acceptors (Lipinski definition) is 4. The zero-order valence-corrected chi connectivity index (χ0v) is 12.5. The Morgan fingerprint density at radius 1 is 1.58 bits per heavy atom. The first-order valence-corrected chi connectivity index (χ1v) is 6.96. The molecule has 1 heterocycles. The second-order valence-electron chi connectivity index (χ2n) is 5.33. The number of nitrogens with one attached hydrogen (secondary N) is 1. The Morgan fingerprint density at radius 3 is 2.84 bits per heavy atom. The molecule has 0 spiro atoms. The fourth-order valence-electron chi connectivity index (χ4n) is 1.42. The van der Waals surface area contributed by atoms with Crippen molar-refractivity contribution in [2.24, 2.45) is 0 Å². The summed E-state index contributed by atoms with van der Waals surface area (Å²) in [6.45, 7) is 8.11. The van der Waals surface area contributed by atoms with Gasteiger partial charge in [0.15, 0.2) is 0 Å². The van der Waals surface area contributed by atoms with Crippen LogP contribution in [0.5, 0.6) is 0 Å². The van der Waals surface area contributed by atoms with Crippen LogP contribution in [0.25, 0.3) is 0 Å². The molecule has 0 fully saturated rings. The summed E-state index contributed by atoms with van der Waals surface area (Å²) in [4.78, 5) is 16.2. The normalized spacial score (nSPS) is 12.6. The van der Waals surface area contributed by atoms with E-state index >= 15 is 0 Å². The minimum Gasteiger partial charge on any atom is -0.349 e. The fraction of sp³-hybridized carbons (Fsp3) is 0.500. The first-order chi connectivity index (χ1) is 8.81. The third-order valence-electron chi connectivity index (χ3n) is 2.18. The molecule has 0 aliphatic heterocycles. The molecule has 19 heavy (non-hydrogen) atoms. The zero-order valence-electron chi connectivity index (χ0n) is 11.7. The number of thioether (sulfide) groups is 1. The maximum Gasteiger partial charge on any atom is 0.251 e. The van der Waals surface area contributed by atoms with E-state index in [-0.39, 0.29) is 16.7 Å². The van der Waals surface area contributed by atoms with E-state index in [1.807, 2.05) is 13.0 Å². The molecule has 0 aliphatic rings. The van der Waals surface area contributed by atoms with Crippen LogP contribution in [0.1, 0.15) is 44.5 Å². The van der Waals surface area contributed by atoms with E-state index in [0.717, 1.165) is 5.03 Å². The van der Waals surface area contributed by atoms with Crippen LogP contribution in [0.3, 0.4) is 0 Å². The standard InChI is InChI=1S/C14H19N3OS/c1-10(5-7-15)17-13(18)11-6-8-16-12(9-11)19-14(2,3)4/h6,8-10H,5H2,1-4H3,(H,17,18). The van der Waals surface area contributed by atoms with Crippen molar-refractivity contribution in [1.82, 2.24) is 10.3 Å². The van der Waals surface area contributed by atoms with Crippen LogP contribution < -0.4 is 5.32 Å². The molecule has 0 aromatic carbocycles. The Kier molecular flexibility index (Phi) is 5.37. The van der Waals surface area contributed by atoms with E-state index in [0.29, 0.717) is 12.0 Å². The van der Waals surface area contributed by atoms with Crippen LogP contribution in [-0.2, 0) is 0 Å². The van der Waals surface area contributed by atoms with E-state index in [1.165, 1.54) is 0 Å². The lowest BCUT2D eigenvalue weighted by Crippen LogP contribution is -2.32. The Hall–Kier alpha value is -1.54. The number of nitrogens with zero attached hydrogens (tertiary/aromatic N) is 2. The summed E-state index contributed by atoms with van der Waals surface area (Å²) < 4.78 is 0.0518. The summed E-state index contributed by atoms with van der Waals surface area (Å²) in [6, 6.07) is 5.35. The lowest BCUT2D eigenvalue weighted by molar-refractivity contribution is 0.0940. The molecule has 0 aliphatic carbocycles. The number of amides is 1. The third kappa shape index (κ3) is 5.75. The summed E-state index contributed by atoms with van der Waals surface area (Å²) in [5.41, 5.74) is 0.575. The van der Waals surface area contributed by atoms with Gasteiger partial charge in [-0.15, -0.1) is 11.8 Å². The largest absolute Gasteiger partial charge is 0.349 e. The number of carbonyl (C=O) groups is 1. The van der Waals surface area contributed by atoms with Gasteiger partial charge in [0.05, 0.1) is 17.5 Å².